The number of rotatable bonds is 4. The molecular weight excluding hydrogens is 374 g/mol. The molecule has 0 unspecified atom stereocenters. The molecule has 1 fully saturated rings. The lowest BCUT2D eigenvalue weighted by Crippen LogP contribution is -2.45. The molecule has 2 aliphatic heterocycles. The van der Waals surface area contributed by atoms with Crippen molar-refractivity contribution in [3.63, 3.8) is 0 Å². The van der Waals surface area contributed by atoms with Crippen molar-refractivity contribution in [3.05, 3.63) is 40.7 Å². The average molecular weight is 394 g/mol. The maximum Gasteiger partial charge on any atom is 0.236 e. The van der Waals surface area contributed by atoms with Gasteiger partial charge in [-0.1, -0.05) is 35.5 Å². The standard InChI is InChI=1S/C17H20ClN5O2S/c1-10-20-21-17-23(10)22-14(11-4-6-12(18)7-5-11)15(26-17)16(24)19-9-13-3-2-8-25-13/h4-7,13-15,22H,2-3,8-9H2,1H3,(H,19,24)/t13-,14-,15+/m1/s1. The van der Waals surface area contributed by atoms with E-state index in [1.807, 2.05) is 35.9 Å². The highest BCUT2D eigenvalue weighted by molar-refractivity contribution is 8.00. The highest BCUT2D eigenvalue weighted by Gasteiger charge is 2.37. The third-order valence-corrected chi connectivity index (χ3v) is 6.08. The first-order valence-corrected chi connectivity index (χ1v) is 9.87. The summed E-state index contributed by atoms with van der Waals surface area (Å²) in [6, 6.07) is 7.32. The number of thioether (sulfide) groups is 1. The third kappa shape index (κ3) is 3.54. The molecule has 2 aromatic rings. The molecule has 0 bridgehead atoms. The van der Waals surface area contributed by atoms with Gasteiger partial charge >= 0.3 is 0 Å². The molecule has 4 rings (SSSR count). The largest absolute Gasteiger partial charge is 0.376 e. The molecule has 1 aromatic carbocycles. The van der Waals surface area contributed by atoms with Gasteiger partial charge in [-0.15, -0.1) is 10.2 Å². The number of carbonyl (C=O) groups excluding carboxylic acids is 1. The fourth-order valence-electron chi connectivity index (χ4n) is 3.20. The second-order valence-electron chi connectivity index (χ2n) is 6.44. The monoisotopic (exact) mass is 393 g/mol. The second-order valence-corrected chi connectivity index (χ2v) is 7.99. The van der Waals surface area contributed by atoms with Crippen LogP contribution in [0.1, 0.15) is 30.3 Å². The van der Waals surface area contributed by atoms with Crippen molar-refractivity contribution in [1.82, 2.24) is 20.2 Å². The van der Waals surface area contributed by atoms with Gasteiger partial charge < -0.3 is 15.5 Å². The number of nitrogens with one attached hydrogen (secondary N) is 2. The number of amides is 1. The first-order chi connectivity index (χ1) is 12.6. The summed E-state index contributed by atoms with van der Waals surface area (Å²) in [6.45, 7) is 3.19. The number of aryl methyl sites for hydroxylation is 1. The van der Waals surface area contributed by atoms with Crippen LogP contribution in [0.4, 0.5) is 0 Å². The van der Waals surface area contributed by atoms with E-state index in [2.05, 4.69) is 20.9 Å². The Kier molecular flexibility index (Phi) is 5.06. The van der Waals surface area contributed by atoms with Crippen molar-refractivity contribution in [2.75, 3.05) is 18.6 Å². The van der Waals surface area contributed by atoms with E-state index >= 15 is 0 Å². The van der Waals surface area contributed by atoms with Crippen LogP contribution in [-0.4, -0.2) is 45.3 Å². The van der Waals surface area contributed by atoms with Crippen molar-refractivity contribution in [1.29, 1.82) is 0 Å². The number of halogens is 1. The Labute approximate surface area is 160 Å². The van der Waals surface area contributed by atoms with E-state index in [1.165, 1.54) is 11.8 Å². The number of nitrogens with zero attached hydrogens (tertiary/aromatic N) is 3. The molecule has 0 radical (unpaired) electrons. The van der Waals surface area contributed by atoms with Crippen LogP contribution >= 0.6 is 23.4 Å². The molecular formula is C17H20ClN5O2S. The molecule has 7 nitrogen and oxygen atoms in total. The molecule has 1 saturated heterocycles. The second kappa shape index (κ2) is 7.46. The Hall–Kier alpha value is -1.77. The van der Waals surface area contributed by atoms with Crippen LogP contribution in [0.3, 0.4) is 0 Å². The Morgan fingerprint density at radius 3 is 2.96 bits per heavy atom. The number of carbonyl (C=O) groups is 1. The van der Waals surface area contributed by atoms with Crippen molar-refractivity contribution in [2.24, 2.45) is 0 Å². The van der Waals surface area contributed by atoms with Gasteiger partial charge in [0.15, 0.2) is 0 Å². The Morgan fingerprint density at radius 1 is 1.42 bits per heavy atom. The smallest absolute Gasteiger partial charge is 0.236 e. The fourth-order valence-corrected chi connectivity index (χ4v) is 4.48. The summed E-state index contributed by atoms with van der Waals surface area (Å²) >= 11 is 7.43. The van der Waals surface area contributed by atoms with Gasteiger partial charge in [0.2, 0.25) is 11.1 Å². The molecule has 1 aromatic heterocycles. The number of fused-ring (bicyclic) bond motifs is 1. The molecule has 3 heterocycles. The maximum absolute atomic E-state index is 12.9. The van der Waals surface area contributed by atoms with Crippen molar-refractivity contribution >= 4 is 29.3 Å². The first-order valence-electron chi connectivity index (χ1n) is 8.62. The van der Waals surface area contributed by atoms with E-state index in [9.17, 15) is 4.79 Å². The lowest BCUT2D eigenvalue weighted by atomic mass is 10.0. The summed E-state index contributed by atoms with van der Waals surface area (Å²) in [6.07, 6.45) is 2.15. The lowest BCUT2D eigenvalue weighted by molar-refractivity contribution is -0.121. The molecule has 26 heavy (non-hydrogen) atoms. The van der Waals surface area contributed by atoms with Crippen LogP contribution < -0.4 is 10.7 Å². The van der Waals surface area contributed by atoms with Crippen molar-refractivity contribution in [3.8, 4) is 0 Å². The summed E-state index contributed by atoms with van der Waals surface area (Å²) in [5.41, 5.74) is 4.36. The molecule has 2 aliphatic rings. The summed E-state index contributed by atoms with van der Waals surface area (Å²) in [5, 5.41) is 12.3. The minimum atomic E-state index is -0.367. The van der Waals surface area contributed by atoms with E-state index in [-0.39, 0.29) is 23.3 Å². The van der Waals surface area contributed by atoms with Crippen LogP contribution in [0.5, 0.6) is 0 Å². The van der Waals surface area contributed by atoms with Crippen LogP contribution in [0.2, 0.25) is 5.02 Å². The maximum atomic E-state index is 12.9. The zero-order valence-electron chi connectivity index (χ0n) is 14.3. The minimum Gasteiger partial charge on any atom is -0.376 e. The van der Waals surface area contributed by atoms with E-state index in [0.717, 1.165) is 30.8 Å². The third-order valence-electron chi connectivity index (χ3n) is 4.61. The molecule has 9 heteroatoms. The topological polar surface area (TPSA) is 81.1 Å². The predicted octanol–water partition coefficient (Wildman–Crippen LogP) is 2.29. The van der Waals surface area contributed by atoms with Crippen LogP contribution in [0, 0.1) is 6.92 Å². The Morgan fingerprint density at radius 2 is 2.23 bits per heavy atom. The number of hydrogen-bond acceptors (Lipinski definition) is 6. The quantitative estimate of drug-likeness (QED) is 0.829. The molecule has 0 aliphatic carbocycles. The van der Waals surface area contributed by atoms with Crippen LogP contribution in [0.15, 0.2) is 29.4 Å². The van der Waals surface area contributed by atoms with Gasteiger partial charge in [-0.25, -0.2) is 4.68 Å². The van der Waals surface area contributed by atoms with E-state index < -0.39 is 0 Å². The predicted molar refractivity (Wildman–Crippen MR) is 99.9 cm³/mol. The Bertz CT molecular complexity index is 791. The van der Waals surface area contributed by atoms with Crippen LogP contribution in [-0.2, 0) is 9.53 Å². The number of hydrogen-bond donors (Lipinski definition) is 2. The average Bonchev–Trinajstić information content (AvgIpc) is 3.29. The lowest BCUT2D eigenvalue weighted by Gasteiger charge is -2.33. The number of aromatic nitrogens is 3. The number of ether oxygens (including phenoxy) is 1. The highest BCUT2D eigenvalue weighted by Crippen LogP contribution is 2.37. The van der Waals surface area contributed by atoms with Gasteiger partial charge in [-0.05, 0) is 37.5 Å². The zero-order valence-corrected chi connectivity index (χ0v) is 15.9. The fraction of sp³-hybridized carbons (Fsp3) is 0.471. The van der Waals surface area contributed by atoms with Crippen molar-refractivity contribution < 1.29 is 9.53 Å². The molecule has 3 atom stereocenters. The summed E-state index contributed by atoms with van der Waals surface area (Å²) in [5.74, 6) is 0.717. The first kappa shape index (κ1) is 17.6. The summed E-state index contributed by atoms with van der Waals surface area (Å²) < 4.78 is 7.42. The SMILES string of the molecule is Cc1nnc2n1N[C@H](c1ccc(Cl)cc1)[C@@H](C(=O)NC[C@H]1CCCO1)S2. The van der Waals surface area contributed by atoms with Gasteiger partial charge in [-0.2, -0.15) is 0 Å². The van der Waals surface area contributed by atoms with E-state index in [0.29, 0.717) is 16.7 Å². The highest BCUT2D eigenvalue weighted by atomic mass is 35.5. The minimum absolute atomic E-state index is 0.0372. The van der Waals surface area contributed by atoms with Gasteiger partial charge in [0.1, 0.15) is 11.1 Å². The molecule has 138 valence electrons. The van der Waals surface area contributed by atoms with Gasteiger partial charge in [-0.3, -0.25) is 4.79 Å². The molecule has 0 spiro atoms. The molecule has 2 N–H and O–H groups in total. The zero-order chi connectivity index (χ0) is 18.1. The van der Waals surface area contributed by atoms with Crippen LogP contribution in [0.25, 0.3) is 0 Å². The van der Waals surface area contributed by atoms with Crippen molar-refractivity contribution in [2.45, 2.75) is 42.3 Å². The van der Waals surface area contributed by atoms with Gasteiger partial charge in [0, 0.05) is 18.2 Å². The van der Waals surface area contributed by atoms with E-state index in [4.69, 9.17) is 16.3 Å². The number of benzene rings is 1. The van der Waals surface area contributed by atoms with E-state index in [1.54, 1.807) is 0 Å². The molecule has 0 saturated carbocycles. The van der Waals surface area contributed by atoms with Gasteiger partial charge in [0.25, 0.3) is 0 Å². The Balaban J connectivity index is 1.56. The normalized spacial score (nSPS) is 24.8. The molecule has 1 amide bonds. The summed E-state index contributed by atoms with van der Waals surface area (Å²) in [4.78, 5) is 12.9. The summed E-state index contributed by atoms with van der Waals surface area (Å²) in [7, 11) is 0. The van der Waals surface area contributed by atoms with Gasteiger partial charge in [0.05, 0.1) is 12.1 Å².